The largest absolute Gasteiger partial charge is 0.438 e. The van der Waals surface area contributed by atoms with Gasteiger partial charge < -0.3 is 9.31 Å². The summed E-state index contributed by atoms with van der Waals surface area (Å²) in [7, 11) is 0.500. The molecule has 0 aromatic rings. The second-order valence-electron chi connectivity index (χ2n) is 2.00. The smallest absolute Gasteiger partial charge is 0.414 e. The van der Waals surface area contributed by atoms with Gasteiger partial charge in [-0.2, -0.15) is 0 Å². The fraction of sp³-hybridized carbons (Fsp3) is 1.00. The summed E-state index contributed by atoms with van der Waals surface area (Å²) in [4.78, 5) is 0. The summed E-state index contributed by atoms with van der Waals surface area (Å²) in [5.74, 6) is 0. The van der Waals surface area contributed by atoms with Crippen LogP contribution in [0.3, 0.4) is 0 Å². The highest BCUT2D eigenvalue weighted by molar-refractivity contribution is 6.17. The maximum absolute atomic E-state index is 5.05. The molecule has 1 fully saturated rings. The average molecular weight is 114 g/mol. The summed E-state index contributed by atoms with van der Waals surface area (Å²) in [6.07, 6.45) is 3.65. The molecule has 1 aliphatic rings. The minimum atomic E-state index is 0.500. The Hall–Kier alpha value is -0.0151. The Bertz CT molecular complexity index is 34.4. The Morgan fingerprint density at radius 3 is 2.12 bits per heavy atom. The van der Waals surface area contributed by atoms with Gasteiger partial charge in [-0.05, 0) is 19.3 Å². The Morgan fingerprint density at radius 1 is 0.875 bits per heavy atom. The third-order valence-corrected chi connectivity index (χ3v) is 1.24. The molecule has 0 N–H and O–H groups in total. The van der Waals surface area contributed by atoms with E-state index < -0.39 is 0 Å². The molecule has 0 unspecified atom stereocenters. The van der Waals surface area contributed by atoms with Gasteiger partial charge in [0.25, 0.3) is 0 Å². The molecule has 0 aromatic carbocycles. The maximum Gasteiger partial charge on any atom is 0.438 e. The van der Waals surface area contributed by atoms with E-state index in [0.717, 1.165) is 13.2 Å². The fourth-order valence-corrected chi connectivity index (χ4v) is 0.762. The quantitative estimate of drug-likeness (QED) is 0.426. The van der Waals surface area contributed by atoms with Crippen molar-refractivity contribution in [1.82, 2.24) is 0 Å². The summed E-state index contributed by atoms with van der Waals surface area (Å²) in [5, 5.41) is 0. The van der Waals surface area contributed by atoms with E-state index in [1.54, 1.807) is 0 Å². The first-order valence-electron chi connectivity index (χ1n) is 3.15. The molecule has 8 heavy (non-hydrogen) atoms. The van der Waals surface area contributed by atoms with Gasteiger partial charge in [0.05, 0.1) is 0 Å². The van der Waals surface area contributed by atoms with Gasteiger partial charge in [0.15, 0.2) is 0 Å². The molecular formula is C5H11BO2. The van der Waals surface area contributed by atoms with E-state index in [2.05, 4.69) is 0 Å². The molecule has 46 valence electrons. The Labute approximate surface area is 50.5 Å². The first kappa shape index (κ1) is 6.11. The molecule has 0 saturated carbocycles. The Morgan fingerprint density at radius 2 is 1.50 bits per heavy atom. The molecular weight excluding hydrogens is 103 g/mol. The van der Waals surface area contributed by atoms with Crippen molar-refractivity contribution in [2.24, 2.45) is 0 Å². The van der Waals surface area contributed by atoms with Crippen molar-refractivity contribution in [3.8, 4) is 0 Å². The molecule has 3 heteroatoms. The number of rotatable bonds is 0. The lowest BCUT2D eigenvalue weighted by Gasteiger charge is -2.07. The van der Waals surface area contributed by atoms with Gasteiger partial charge in [-0.15, -0.1) is 0 Å². The van der Waals surface area contributed by atoms with Gasteiger partial charge in [0, 0.05) is 13.2 Å². The lowest BCUT2D eigenvalue weighted by atomic mass is 10.2. The van der Waals surface area contributed by atoms with Gasteiger partial charge in [-0.25, -0.2) is 0 Å². The van der Waals surface area contributed by atoms with E-state index in [-0.39, 0.29) is 0 Å². The van der Waals surface area contributed by atoms with Crippen molar-refractivity contribution in [2.75, 3.05) is 13.2 Å². The monoisotopic (exact) mass is 114 g/mol. The zero-order chi connectivity index (χ0) is 5.66. The first-order valence-corrected chi connectivity index (χ1v) is 3.15. The molecule has 0 aromatic heterocycles. The van der Waals surface area contributed by atoms with Crippen LogP contribution in [0.2, 0.25) is 0 Å². The normalized spacial score (nSPS) is 23.0. The van der Waals surface area contributed by atoms with Gasteiger partial charge in [-0.1, -0.05) is 0 Å². The zero-order valence-corrected chi connectivity index (χ0v) is 5.06. The molecule has 0 atom stereocenters. The highest BCUT2D eigenvalue weighted by Gasteiger charge is 1.97. The molecule has 0 radical (unpaired) electrons. The maximum atomic E-state index is 5.05. The van der Waals surface area contributed by atoms with Crippen molar-refractivity contribution < 1.29 is 9.31 Å². The van der Waals surface area contributed by atoms with E-state index in [0.29, 0.717) is 7.69 Å². The molecule has 1 saturated heterocycles. The minimum absolute atomic E-state index is 0.500. The van der Waals surface area contributed by atoms with Crippen LogP contribution in [0, 0.1) is 0 Å². The SMILES string of the molecule is B1OCCCCCO1. The van der Waals surface area contributed by atoms with Crippen LogP contribution < -0.4 is 0 Å². The predicted octanol–water partition coefficient (Wildman–Crippen LogP) is 0.470. The van der Waals surface area contributed by atoms with Crippen LogP contribution in [0.15, 0.2) is 0 Å². The Balaban J connectivity index is 2.00. The van der Waals surface area contributed by atoms with Crippen molar-refractivity contribution in [2.45, 2.75) is 19.3 Å². The van der Waals surface area contributed by atoms with E-state index in [9.17, 15) is 0 Å². The van der Waals surface area contributed by atoms with Gasteiger partial charge in [0.2, 0.25) is 0 Å². The van der Waals surface area contributed by atoms with Crippen LogP contribution in [0.5, 0.6) is 0 Å². The van der Waals surface area contributed by atoms with Crippen molar-refractivity contribution in [1.29, 1.82) is 0 Å². The average Bonchev–Trinajstić information content (AvgIpc) is 1.62. The van der Waals surface area contributed by atoms with E-state index >= 15 is 0 Å². The third kappa shape index (κ3) is 2.33. The lowest BCUT2D eigenvalue weighted by Crippen LogP contribution is -2.10. The summed E-state index contributed by atoms with van der Waals surface area (Å²) in [5.41, 5.74) is 0. The van der Waals surface area contributed by atoms with Crippen molar-refractivity contribution >= 4 is 7.69 Å². The lowest BCUT2D eigenvalue weighted by molar-refractivity contribution is 0.192. The third-order valence-electron chi connectivity index (χ3n) is 1.24. The van der Waals surface area contributed by atoms with Gasteiger partial charge in [0.1, 0.15) is 0 Å². The van der Waals surface area contributed by atoms with Crippen LogP contribution in [0.4, 0.5) is 0 Å². The van der Waals surface area contributed by atoms with Crippen molar-refractivity contribution in [3.05, 3.63) is 0 Å². The molecule has 0 spiro atoms. The predicted molar refractivity (Wildman–Crippen MR) is 32.9 cm³/mol. The molecule has 1 heterocycles. The van der Waals surface area contributed by atoms with E-state index in [4.69, 9.17) is 9.31 Å². The van der Waals surface area contributed by atoms with Gasteiger partial charge >= 0.3 is 7.69 Å². The molecule has 2 nitrogen and oxygen atoms in total. The van der Waals surface area contributed by atoms with E-state index in [1.165, 1.54) is 19.3 Å². The summed E-state index contributed by atoms with van der Waals surface area (Å²) in [6.45, 7) is 1.75. The number of hydrogen-bond acceptors (Lipinski definition) is 2. The zero-order valence-electron chi connectivity index (χ0n) is 5.06. The summed E-state index contributed by atoms with van der Waals surface area (Å²) >= 11 is 0. The molecule has 1 rings (SSSR count). The second-order valence-corrected chi connectivity index (χ2v) is 2.00. The molecule has 1 aliphatic heterocycles. The van der Waals surface area contributed by atoms with Gasteiger partial charge in [-0.3, -0.25) is 0 Å². The van der Waals surface area contributed by atoms with E-state index in [1.807, 2.05) is 0 Å². The van der Waals surface area contributed by atoms with Crippen LogP contribution in [-0.4, -0.2) is 20.9 Å². The number of hydrogen-bond donors (Lipinski definition) is 0. The highest BCUT2D eigenvalue weighted by atomic mass is 16.6. The minimum Gasteiger partial charge on any atom is -0.414 e. The van der Waals surface area contributed by atoms with Crippen molar-refractivity contribution in [3.63, 3.8) is 0 Å². The topological polar surface area (TPSA) is 18.5 Å². The molecule has 0 bridgehead atoms. The van der Waals surface area contributed by atoms with Crippen LogP contribution in [-0.2, 0) is 9.31 Å². The molecule has 0 amide bonds. The first-order chi connectivity index (χ1) is 4.00. The second kappa shape index (κ2) is 3.92. The van der Waals surface area contributed by atoms with Crippen LogP contribution >= 0.6 is 0 Å². The standard InChI is InChI=1S/C5H11BO2/c1-2-4-7-6-8-5-3-1/h6H,1-5H2. The summed E-state index contributed by atoms with van der Waals surface area (Å²) < 4.78 is 10.1. The van der Waals surface area contributed by atoms with Crippen LogP contribution in [0.25, 0.3) is 0 Å². The highest BCUT2D eigenvalue weighted by Crippen LogP contribution is 1.98. The Kier molecular flexibility index (Phi) is 3.00. The summed E-state index contributed by atoms with van der Waals surface area (Å²) in [6, 6.07) is 0. The van der Waals surface area contributed by atoms with Crippen LogP contribution in [0.1, 0.15) is 19.3 Å². The molecule has 0 aliphatic carbocycles. The fourth-order valence-electron chi connectivity index (χ4n) is 0.762.